The van der Waals surface area contributed by atoms with E-state index in [1.807, 2.05) is 13.8 Å². The maximum atomic E-state index is 11.8. The molecule has 0 amide bonds. The first kappa shape index (κ1) is 10.8. The van der Waals surface area contributed by atoms with Gasteiger partial charge in [-0.2, -0.15) is 13.2 Å². The Hall–Kier alpha value is -0.250. The van der Waals surface area contributed by atoms with Crippen molar-refractivity contribution in [3.63, 3.8) is 0 Å². The minimum absolute atomic E-state index is 0.0671. The van der Waals surface area contributed by atoms with E-state index >= 15 is 0 Å². The quantitative estimate of drug-likeness (QED) is 0.736. The predicted molar refractivity (Wildman–Crippen MR) is 45.2 cm³/mol. The van der Waals surface area contributed by atoms with Gasteiger partial charge in [-0.3, -0.25) is 0 Å². The molecule has 0 radical (unpaired) electrons. The van der Waals surface area contributed by atoms with Gasteiger partial charge >= 0.3 is 6.18 Å². The zero-order valence-corrected chi connectivity index (χ0v) is 7.99. The molecule has 2 atom stereocenters. The molecule has 2 N–H and O–H groups in total. The number of nitrogens with two attached hydrogens (primary N) is 1. The van der Waals surface area contributed by atoms with Gasteiger partial charge in [-0.05, 0) is 24.2 Å². The van der Waals surface area contributed by atoms with E-state index in [9.17, 15) is 13.2 Å². The highest BCUT2D eigenvalue weighted by Gasteiger charge is 2.49. The Morgan fingerprint density at radius 2 is 1.92 bits per heavy atom. The van der Waals surface area contributed by atoms with Crippen LogP contribution in [0.1, 0.15) is 33.1 Å². The molecule has 0 spiro atoms. The highest BCUT2D eigenvalue weighted by Crippen LogP contribution is 2.53. The van der Waals surface area contributed by atoms with Crippen molar-refractivity contribution >= 4 is 0 Å². The molecule has 2 unspecified atom stereocenters. The van der Waals surface area contributed by atoms with Crippen molar-refractivity contribution in [2.45, 2.75) is 45.3 Å². The van der Waals surface area contributed by atoms with E-state index in [-0.39, 0.29) is 23.8 Å². The van der Waals surface area contributed by atoms with Crippen LogP contribution in [0.4, 0.5) is 13.2 Å². The first-order valence-corrected chi connectivity index (χ1v) is 4.55. The van der Waals surface area contributed by atoms with E-state index in [0.29, 0.717) is 0 Å². The average molecular weight is 195 g/mol. The lowest BCUT2D eigenvalue weighted by molar-refractivity contribution is -0.136. The van der Waals surface area contributed by atoms with Crippen LogP contribution in [0.3, 0.4) is 0 Å². The number of hydrogen-bond donors (Lipinski definition) is 1. The number of halogens is 3. The normalized spacial score (nSPS) is 28.6. The largest absolute Gasteiger partial charge is 0.389 e. The fourth-order valence-electron chi connectivity index (χ4n) is 1.77. The number of hydrogen-bond acceptors (Lipinski definition) is 1. The molecule has 0 bridgehead atoms. The molecule has 4 heteroatoms. The lowest BCUT2D eigenvalue weighted by Gasteiger charge is -2.14. The van der Waals surface area contributed by atoms with Crippen LogP contribution in [-0.4, -0.2) is 12.2 Å². The molecule has 1 aliphatic rings. The summed E-state index contributed by atoms with van der Waals surface area (Å²) in [5.74, 6) is 0.287. The third kappa shape index (κ3) is 3.18. The van der Waals surface area contributed by atoms with Gasteiger partial charge in [-0.1, -0.05) is 13.8 Å². The lowest BCUT2D eigenvalue weighted by atomic mass is 10.0. The standard InChI is InChI=1S/C9H16F3N/c1-8(2)5-6(8)7(13)3-4-9(10,11)12/h6-7H,3-5,13H2,1-2H3. The summed E-state index contributed by atoms with van der Waals surface area (Å²) < 4.78 is 35.5. The van der Waals surface area contributed by atoms with Crippen molar-refractivity contribution in [3.8, 4) is 0 Å². The summed E-state index contributed by atoms with van der Waals surface area (Å²) in [5.41, 5.74) is 5.83. The Kier molecular flexibility index (Phi) is 2.63. The van der Waals surface area contributed by atoms with Crippen LogP contribution >= 0.6 is 0 Å². The summed E-state index contributed by atoms with van der Waals surface area (Å²) in [7, 11) is 0. The van der Waals surface area contributed by atoms with Gasteiger partial charge in [0, 0.05) is 12.5 Å². The molecule has 0 heterocycles. The monoisotopic (exact) mass is 195 g/mol. The first-order chi connectivity index (χ1) is 5.72. The molecule has 0 saturated heterocycles. The minimum atomic E-state index is -4.06. The second-order valence-electron chi connectivity index (χ2n) is 4.62. The summed E-state index contributed by atoms with van der Waals surface area (Å²) in [6.45, 7) is 4.09. The highest BCUT2D eigenvalue weighted by atomic mass is 19.4. The van der Waals surface area contributed by atoms with E-state index in [1.165, 1.54) is 0 Å². The Bertz CT molecular complexity index is 186. The van der Waals surface area contributed by atoms with Gasteiger partial charge in [0.25, 0.3) is 0 Å². The summed E-state index contributed by atoms with van der Waals surface area (Å²) in [6.07, 6.45) is -3.78. The van der Waals surface area contributed by atoms with Gasteiger partial charge in [-0.15, -0.1) is 0 Å². The number of alkyl halides is 3. The molecule has 0 aromatic carbocycles. The smallest absolute Gasteiger partial charge is 0.327 e. The molecule has 0 aromatic rings. The lowest BCUT2D eigenvalue weighted by Crippen LogP contribution is -2.26. The van der Waals surface area contributed by atoms with Crippen molar-refractivity contribution in [3.05, 3.63) is 0 Å². The summed E-state index contributed by atoms with van der Waals surface area (Å²) in [4.78, 5) is 0. The number of rotatable bonds is 3. The maximum absolute atomic E-state index is 11.8. The Labute approximate surface area is 76.5 Å². The van der Waals surface area contributed by atoms with Crippen LogP contribution in [0, 0.1) is 11.3 Å². The zero-order valence-electron chi connectivity index (χ0n) is 7.99. The molecular weight excluding hydrogens is 179 g/mol. The Balaban J connectivity index is 2.24. The van der Waals surface area contributed by atoms with E-state index in [4.69, 9.17) is 5.73 Å². The van der Waals surface area contributed by atoms with Gasteiger partial charge in [-0.25, -0.2) is 0 Å². The molecule has 1 nitrogen and oxygen atoms in total. The first-order valence-electron chi connectivity index (χ1n) is 4.55. The molecule has 1 fully saturated rings. The van der Waals surface area contributed by atoms with Crippen LogP contribution in [0.5, 0.6) is 0 Å². The van der Waals surface area contributed by atoms with Gasteiger partial charge in [0.2, 0.25) is 0 Å². The van der Waals surface area contributed by atoms with Gasteiger partial charge < -0.3 is 5.73 Å². The van der Waals surface area contributed by atoms with Crippen LogP contribution in [0.15, 0.2) is 0 Å². The Morgan fingerprint density at radius 3 is 2.23 bits per heavy atom. The van der Waals surface area contributed by atoms with Crippen LogP contribution in [0.2, 0.25) is 0 Å². The zero-order chi connectivity index (χ0) is 10.3. The summed E-state index contributed by atoms with van der Waals surface area (Å²) >= 11 is 0. The van der Waals surface area contributed by atoms with Crippen molar-refractivity contribution in [2.75, 3.05) is 0 Å². The van der Waals surface area contributed by atoms with E-state index in [2.05, 4.69) is 0 Å². The van der Waals surface area contributed by atoms with Crippen LogP contribution < -0.4 is 5.73 Å². The van der Waals surface area contributed by atoms with Crippen LogP contribution in [-0.2, 0) is 0 Å². The minimum Gasteiger partial charge on any atom is -0.327 e. The molecular formula is C9H16F3N. The SMILES string of the molecule is CC1(C)CC1C(N)CCC(F)(F)F. The van der Waals surface area contributed by atoms with E-state index < -0.39 is 12.6 Å². The van der Waals surface area contributed by atoms with Gasteiger partial charge in [0.1, 0.15) is 0 Å². The van der Waals surface area contributed by atoms with Gasteiger partial charge in [0.05, 0.1) is 0 Å². The molecule has 0 aliphatic heterocycles. The summed E-state index contributed by atoms with van der Waals surface area (Å²) in [6, 6.07) is -0.281. The second kappa shape index (κ2) is 3.15. The maximum Gasteiger partial charge on any atom is 0.389 e. The molecule has 1 saturated carbocycles. The molecule has 78 valence electrons. The van der Waals surface area contributed by atoms with Crippen LogP contribution in [0.25, 0.3) is 0 Å². The van der Waals surface area contributed by atoms with Gasteiger partial charge in [0.15, 0.2) is 0 Å². The Morgan fingerprint density at radius 1 is 1.46 bits per heavy atom. The third-order valence-electron chi connectivity index (χ3n) is 2.87. The average Bonchev–Trinajstić information content (AvgIpc) is 2.53. The van der Waals surface area contributed by atoms with Crippen molar-refractivity contribution in [1.82, 2.24) is 0 Å². The third-order valence-corrected chi connectivity index (χ3v) is 2.87. The highest BCUT2D eigenvalue weighted by molar-refractivity contribution is 5.00. The molecule has 1 rings (SSSR count). The van der Waals surface area contributed by atoms with Crippen molar-refractivity contribution in [1.29, 1.82) is 0 Å². The fourth-order valence-corrected chi connectivity index (χ4v) is 1.77. The van der Waals surface area contributed by atoms with Crippen molar-refractivity contribution in [2.24, 2.45) is 17.1 Å². The summed E-state index contributed by atoms with van der Waals surface area (Å²) in [5, 5.41) is 0. The van der Waals surface area contributed by atoms with E-state index in [1.54, 1.807) is 0 Å². The molecule has 0 aromatic heterocycles. The topological polar surface area (TPSA) is 26.0 Å². The van der Waals surface area contributed by atoms with Crippen molar-refractivity contribution < 1.29 is 13.2 Å². The predicted octanol–water partition coefficient (Wildman–Crippen LogP) is 2.70. The molecule has 1 aliphatic carbocycles. The fraction of sp³-hybridized carbons (Fsp3) is 1.00. The van der Waals surface area contributed by atoms with E-state index in [0.717, 1.165) is 6.42 Å². The molecule has 13 heavy (non-hydrogen) atoms. The second-order valence-corrected chi connectivity index (χ2v) is 4.62.